The fourth-order valence-corrected chi connectivity index (χ4v) is 3.02. The molecule has 0 amide bonds. The van der Waals surface area contributed by atoms with E-state index in [9.17, 15) is 13.2 Å². The number of alkyl halides is 3. The minimum Gasteiger partial charge on any atom is -0.351 e. The first-order valence-corrected chi connectivity index (χ1v) is 8.00. The van der Waals surface area contributed by atoms with Crippen LogP contribution in [0, 0.1) is 12.3 Å². The molecule has 0 spiro atoms. The zero-order valence-electron chi connectivity index (χ0n) is 14.1. The fourth-order valence-electron chi connectivity index (χ4n) is 3.02. The predicted molar refractivity (Wildman–Crippen MR) is 92.1 cm³/mol. The molecule has 3 aromatic heterocycles. The topological polar surface area (TPSA) is 91.5 Å². The predicted octanol–water partition coefficient (Wildman–Crippen LogP) is 2.74. The van der Waals surface area contributed by atoms with Crippen molar-refractivity contribution in [1.29, 1.82) is 5.41 Å². The third-order valence-electron chi connectivity index (χ3n) is 4.11. The number of nitrogens with zero attached hydrogens (tertiary/aromatic N) is 4. The van der Waals surface area contributed by atoms with Gasteiger partial charge in [0, 0.05) is 23.7 Å². The van der Waals surface area contributed by atoms with Gasteiger partial charge in [-0.25, -0.2) is 14.6 Å². The molecule has 1 aliphatic heterocycles. The number of aromatic nitrogens is 4. The third kappa shape index (κ3) is 2.98. The van der Waals surface area contributed by atoms with Crippen molar-refractivity contribution < 1.29 is 13.2 Å². The highest BCUT2D eigenvalue weighted by Crippen LogP contribution is 2.38. The van der Waals surface area contributed by atoms with Crippen molar-refractivity contribution in [2.75, 3.05) is 17.4 Å². The van der Waals surface area contributed by atoms with Crippen LogP contribution in [-0.2, 0) is 6.18 Å². The Morgan fingerprint density at radius 2 is 1.85 bits per heavy atom. The summed E-state index contributed by atoms with van der Waals surface area (Å²) in [6.07, 6.45) is -1.44. The summed E-state index contributed by atoms with van der Waals surface area (Å²) in [4.78, 5) is 11.9. The number of hydrogen-bond donors (Lipinski definition) is 3. The Morgan fingerprint density at radius 1 is 1.11 bits per heavy atom. The van der Waals surface area contributed by atoms with Gasteiger partial charge in [-0.2, -0.15) is 13.2 Å². The van der Waals surface area contributed by atoms with Crippen LogP contribution in [0.4, 0.5) is 19.0 Å². The van der Waals surface area contributed by atoms with Gasteiger partial charge in [0.25, 0.3) is 0 Å². The van der Waals surface area contributed by atoms with Crippen molar-refractivity contribution in [3.8, 4) is 22.4 Å². The van der Waals surface area contributed by atoms with E-state index in [2.05, 4.69) is 25.7 Å². The SMILES string of the molecule is Cc1cc(-c2c(-c3ccncc3)nc(=N)n3c2NCN3)cc(C(F)(F)F)n1. The highest BCUT2D eigenvalue weighted by Gasteiger charge is 2.34. The van der Waals surface area contributed by atoms with Crippen LogP contribution >= 0.6 is 0 Å². The molecule has 27 heavy (non-hydrogen) atoms. The molecule has 0 radical (unpaired) electrons. The molecular weight excluding hydrogens is 359 g/mol. The Kier molecular flexibility index (Phi) is 3.83. The average molecular weight is 373 g/mol. The van der Waals surface area contributed by atoms with Gasteiger partial charge in [0.05, 0.1) is 11.3 Å². The Morgan fingerprint density at radius 3 is 2.56 bits per heavy atom. The largest absolute Gasteiger partial charge is 0.433 e. The Hall–Kier alpha value is -3.43. The second-order valence-electron chi connectivity index (χ2n) is 5.97. The highest BCUT2D eigenvalue weighted by molar-refractivity contribution is 5.89. The van der Waals surface area contributed by atoms with Gasteiger partial charge in [-0.05, 0) is 36.8 Å². The molecule has 0 saturated carbocycles. The maximum absolute atomic E-state index is 13.3. The van der Waals surface area contributed by atoms with E-state index in [1.165, 1.54) is 11.6 Å². The molecule has 1 aliphatic rings. The summed E-state index contributed by atoms with van der Waals surface area (Å²) in [7, 11) is 0. The van der Waals surface area contributed by atoms with E-state index in [0.29, 0.717) is 34.9 Å². The van der Waals surface area contributed by atoms with Crippen molar-refractivity contribution >= 4 is 5.82 Å². The van der Waals surface area contributed by atoms with E-state index in [-0.39, 0.29) is 11.3 Å². The summed E-state index contributed by atoms with van der Waals surface area (Å²) in [5.41, 5.74) is 3.93. The summed E-state index contributed by atoms with van der Waals surface area (Å²) in [6.45, 7) is 1.84. The summed E-state index contributed by atoms with van der Waals surface area (Å²) in [6, 6.07) is 5.97. The van der Waals surface area contributed by atoms with Gasteiger partial charge in [0.2, 0.25) is 5.62 Å². The first-order chi connectivity index (χ1) is 12.8. The molecule has 3 aromatic rings. The van der Waals surface area contributed by atoms with E-state index >= 15 is 0 Å². The average Bonchev–Trinajstić information content (AvgIpc) is 3.11. The Bertz CT molecular complexity index is 1070. The molecule has 138 valence electrons. The maximum Gasteiger partial charge on any atom is 0.433 e. The molecule has 0 saturated heterocycles. The molecule has 0 unspecified atom stereocenters. The molecule has 0 atom stereocenters. The first kappa shape index (κ1) is 17.0. The quantitative estimate of drug-likeness (QED) is 0.643. The van der Waals surface area contributed by atoms with Crippen molar-refractivity contribution in [1.82, 2.24) is 19.6 Å². The van der Waals surface area contributed by atoms with Crippen LogP contribution in [-0.4, -0.2) is 26.3 Å². The van der Waals surface area contributed by atoms with Crippen LogP contribution in [0.15, 0.2) is 36.7 Å². The Labute approximate surface area is 151 Å². The van der Waals surface area contributed by atoms with Crippen LogP contribution < -0.4 is 16.4 Å². The summed E-state index contributed by atoms with van der Waals surface area (Å²) in [5, 5.41) is 11.2. The minimum absolute atomic E-state index is 0.0626. The van der Waals surface area contributed by atoms with Crippen LogP contribution in [0.1, 0.15) is 11.4 Å². The third-order valence-corrected chi connectivity index (χ3v) is 4.11. The van der Waals surface area contributed by atoms with Crippen molar-refractivity contribution in [2.24, 2.45) is 0 Å². The summed E-state index contributed by atoms with van der Waals surface area (Å²) in [5.74, 6) is 0.473. The molecular formula is C17H14F3N7. The zero-order chi connectivity index (χ0) is 19.2. The van der Waals surface area contributed by atoms with Crippen LogP contribution in [0.3, 0.4) is 0 Å². The number of fused-ring (bicyclic) bond motifs is 1. The lowest BCUT2D eigenvalue weighted by Gasteiger charge is -2.16. The molecule has 0 aromatic carbocycles. The molecule has 10 heteroatoms. The van der Waals surface area contributed by atoms with Crippen LogP contribution in [0.5, 0.6) is 0 Å². The maximum atomic E-state index is 13.3. The van der Waals surface area contributed by atoms with Gasteiger partial charge in [0.1, 0.15) is 18.2 Å². The summed E-state index contributed by atoms with van der Waals surface area (Å²) < 4.78 is 41.2. The number of halogens is 3. The van der Waals surface area contributed by atoms with E-state index in [4.69, 9.17) is 5.41 Å². The molecule has 3 N–H and O–H groups in total. The number of nitrogens with one attached hydrogen (secondary N) is 3. The monoisotopic (exact) mass is 373 g/mol. The smallest absolute Gasteiger partial charge is 0.351 e. The lowest BCUT2D eigenvalue weighted by Crippen LogP contribution is -2.27. The Balaban J connectivity index is 2.05. The van der Waals surface area contributed by atoms with E-state index < -0.39 is 11.9 Å². The molecule has 0 bridgehead atoms. The normalized spacial score (nSPS) is 13.0. The van der Waals surface area contributed by atoms with Gasteiger partial charge in [-0.1, -0.05) is 0 Å². The van der Waals surface area contributed by atoms with Gasteiger partial charge >= 0.3 is 6.18 Å². The second-order valence-corrected chi connectivity index (χ2v) is 5.97. The van der Waals surface area contributed by atoms with Crippen molar-refractivity contribution in [3.05, 3.63) is 53.7 Å². The molecule has 0 fully saturated rings. The van der Waals surface area contributed by atoms with Gasteiger partial charge in [-0.3, -0.25) is 10.4 Å². The lowest BCUT2D eigenvalue weighted by molar-refractivity contribution is -0.141. The molecule has 4 rings (SSSR count). The molecule has 7 nitrogen and oxygen atoms in total. The van der Waals surface area contributed by atoms with E-state index in [1.807, 2.05) is 0 Å². The second kappa shape index (κ2) is 6.08. The highest BCUT2D eigenvalue weighted by atomic mass is 19.4. The molecule has 4 heterocycles. The number of aryl methyl sites for hydroxylation is 1. The standard InChI is InChI=1S/C17H14F3N7/c1-9-6-11(7-12(25-9)17(18,19)20)13-14(10-2-4-22-5-3-10)26-16(21)27-15(13)23-8-24-27/h2-7,21,23-24H,8H2,1H3. The fraction of sp³-hybridized carbons (Fsp3) is 0.176. The van der Waals surface area contributed by atoms with Gasteiger partial charge < -0.3 is 10.7 Å². The first-order valence-electron chi connectivity index (χ1n) is 8.00. The van der Waals surface area contributed by atoms with Gasteiger partial charge in [0.15, 0.2) is 0 Å². The minimum atomic E-state index is -4.57. The summed E-state index contributed by atoms with van der Waals surface area (Å²) >= 11 is 0. The number of hydrogen-bond acceptors (Lipinski definition) is 6. The lowest BCUT2D eigenvalue weighted by atomic mass is 9.99. The number of pyridine rings is 2. The van der Waals surface area contributed by atoms with Crippen LogP contribution in [0.25, 0.3) is 22.4 Å². The van der Waals surface area contributed by atoms with E-state index in [0.717, 1.165) is 6.07 Å². The van der Waals surface area contributed by atoms with Gasteiger partial charge in [-0.15, -0.1) is 0 Å². The van der Waals surface area contributed by atoms with Crippen molar-refractivity contribution in [3.63, 3.8) is 0 Å². The van der Waals surface area contributed by atoms with E-state index in [1.54, 1.807) is 30.6 Å². The molecule has 0 aliphatic carbocycles. The zero-order valence-corrected chi connectivity index (χ0v) is 14.1. The van der Waals surface area contributed by atoms with Crippen LogP contribution in [0.2, 0.25) is 0 Å². The van der Waals surface area contributed by atoms with Crippen molar-refractivity contribution in [2.45, 2.75) is 13.1 Å². The number of rotatable bonds is 2. The number of anilines is 1.